The first kappa shape index (κ1) is 24.8. The minimum Gasteiger partial charge on any atom is -0.494 e. The third-order valence-corrected chi connectivity index (χ3v) is 6.75. The highest BCUT2D eigenvalue weighted by Gasteiger charge is 2.25. The molecule has 4 rings (SSSR count). The van der Waals surface area contributed by atoms with Gasteiger partial charge < -0.3 is 4.74 Å². The Kier molecular flexibility index (Phi) is 8.12. The fourth-order valence-electron chi connectivity index (χ4n) is 4.86. The van der Waals surface area contributed by atoms with Gasteiger partial charge in [0.25, 0.3) is 0 Å². The van der Waals surface area contributed by atoms with Gasteiger partial charge in [-0.2, -0.15) is 0 Å². The molecular weight excluding hydrogens is 445 g/mol. The number of hydrogen-bond donors (Lipinski definition) is 0. The van der Waals surface area contributed by atoms with Crippen molar-refractivity contribution in [3.8, 4) is 16.9 Å². The van der Waals surface area contributed by atoms with Gasteiger partial charge in [-0.25, -0.2) is 13.2 Å². The largest absolute Gasteiger partial charge is 0.494 e. The molecule has 3 aromatic carbocycles. The van der Waals surface area contributed by atoms with Crippen molar-refractivity contribution in [3.05, 3.63) is 101 Å². The summed E-state index contributed by atoms with van der Waals surface area (Å²) in [7, 11) is 0. The van der Waals surface area contributed by atoms with E-state index >= 15 is 0 Å². The van der Waals surface area contributed by atoms with Crippen LogP contribution in [-0.4, -0.2) is 6.61 Å². The van der Waals surface area contributed by atoms with E-state index in [1.165, 1.54) is 6.07 Å². The maximum Gasteiger partial charge on any atom is 0.166 e. The maximum atomic E-state index is 14.9. The Hall–Kier alpha value is -3.27. The van der Waals surface area contributed by atoms with Crippen LogP contribution in [0.25, 0.3) is 23.3 Å². The summed E-state index contributed by atoms with van der Waals surface area (Å²) in [6.07, 6.45) is 11.4. The molecule has 0 spiro atoms. The Balaban J connectivity index is 1.46. The summed E-state index contributed by atoms with van der Waals surface area (Å²) in [6, 6.07) is 15.5. The van der Waals surface area contributed by atoms with E-state index in [9.17, 15) is 13.2 Å². The van der Waals surface area contributed by atoms with Crippen LogP contribution in [0.4, 0.5) is 13.2 Å². The Morgan fingerprint density at radius 1 is 0.857 bits per heavy atom. The lowest BCUT2D eigenvalue weighted by Gasteiger charge is -2.27. The Morgan fingerprint density at radius 2 is 1.60 bits per heavy atom. The van der Waals surface area contributed by atoms with Gasteiger partial charge in [0.15, 0.2) is 11.6 Å². The van der Waals surface area contributed by atoms with Gasteiger partial charge in [-0.3, -0.25) is 0 Å². The molecule has 3 aromatic rings. The van der Waals surface area contributed by atoms with E-state index < -0.39 is 11.6 Å². The van der Waals surface area contributed by atoms with Crippen molar-refractivity contribution < 1.29 is 17.9 Å². The highest BCUT2D eigenvalue weighted by atomic mass is 19.2. The van der Waals surface area contributed by atoms with E-state index in [0.717, 1.165) is 36.8 Å². The maximum absolute atomic E-state index is 14.9. The molecule has 0 saturated heterocycles. The number of allylic oxidation sites excluding steroid dienone is 2. The molecule has 0 atom stereocenters. The van der Waals surface area contributed by atoms with Crippen LogP contribution >= 0.6 is 0 Å². The number of benzene rings is 3. The van der Waals surface area contributed by atoms with Gasteiger partial charge in [0, 0.05) is 17.2 Å². The molecule has 182 valence electrons. The number of ether oxygens (including phenoxy) is 1. The highest BCUT2D eigenvalue weighted by Crippen LogP contribution is 2.38. The molecule has 0 aliphatic heterocycles. The van der Waals surface area contributed by atoms with Gasteiger partial charge in [-0.1, -0.05) is 60.7 Å². The lowest BCUT2D eigenvalue weighted by molar-refractivity contribution is 0.338. The molecule has 0 N–H and O–H groups in total. The molecule has 1 nitrogen and oxygen atoms in total. The summed E-state index contributed by atoms with van der Waals surface area (Å²) < 4.78 is 49.5. The highest BCUT2D eigenvalue weighted by molar-refractivity contribution is 5.73. The predicted molar refractivity (Wildman–Crippen MR) is 138 cm³/mol. The van der Waals surface area contributed by atoms with Crippen molar-refractivity contribution in [3.63, 3.8) is 0 Å². The van der Waals surface area contributed by atoms with E-state index in [0.29, 0.717) is 29.4 Å². The van der Waals surface area contributed by atoms with Crippen molar-refractivity contribution >= 4 is 12.2 Å². The summed E-state index contributed by atoms with van der Waals surface area (Å²) in [5, 5.41) is 0. The van der Waals surface area contributed by atoms with E-state index in [1.807, 2.05) is 38.1 Å². The summed E-state index contributed by atoms with van der Waals surface area (Å²) in [6.45, 7) is 4.35. The third kappa shape index (κ3) is 5.87. The average Bonchev–Trinajstić information content (AvgIpc) is 2.87. The van der Waals surface area contributed by atoms with Crippen LogP contribution in [0.1, 0.15) is 62.1 Å². The Labute approximate surface area is 206 Å². The molecule has 0 unspecified atom stereocenters. The first-order chi connectivity index (χ1) is 17.0. The van der Waals surface area contributed by atoms with Gasteiger partial charge in [0.05, 0.1) is 6.61 Å². The fourth-order valence-corrected chi connectivity index (χ4v) is 4.86. The molecule has 0 radical (unpaired) electrons. The first-order valence-electron chi connectivity index (χ1n) is 12.3. The van der Waals surface area contributed by atoms with E-state index in [-0.39, 0.29) is 17.3 Å². The minimum absolute atomic E-state index is 0.0691. The SMILES string of the molecule is C/C=C/C1CCC(c2ccc(/C=C/c3ccc(-c4ccc(OCC)cc4F)cc3)c(F)c2F)CC1. The van der Waals surface area contributed by atoms with Crippen LogP contribution in [0, 0.1) is 23.4 Å². The monoisotopic (exact) mass is 476 g/mol. The van der Waals surface area contributed by atoms with Crippen LogP contribution < -0.4 is 4.74 Å². The summed E-state index contributed by atoms with van der Waals surface area (Å²) in [5.74, 6) is -0.782. The van der Waals surface area contributed by atoms with E-state index in [2.05, 4.69) is 12.2 Å². The smallest absolute Gasteiger partial charge is 0.166 e. The molecule has 0 bridgehead atoms. The van der Waals surface area contributed by atoms with Gasteiger partial charge >= 0.3 is 0 Å². The second kappa shape index (κ2) is 11.4. The molecule has 0 heterocycles. The van der Waals surface area contributed by atoms with Gasteiger partial charge in [0.2, 0.25) is 0 Å². The lowest BCUT2D eigenvalue weighted by Crippen LogP contribution is -2.13. The zero-order valence-electron chi connectivity index (χ0n) is 20.2. The fraction of sp³-hybridized carbons (Fsp3) is 0.290. The molecule has 1 aliphatic rings. The molecule has 4 heteroatoms. The Morgan fingerprint density at radius 3 is 2.26 bits per heavy atom. The van der Waals surface area contributed by atoms with Crippen molar-refractivity contribution in [1.82, 2.24) is 0 Å². The van der Waals surface area contributed by atoms with E-state index in [4.69, 9.17) is 4.74 Å². The second-order valence-corrected chi connectivity index (χ2v) is 9.04. The molecule has 1 fully saturated rings. The van der Waals surface area contributed by atoms with Crippen molar-refractivity contribution in [2.75, 3.05) is 6.61 Å². The zero-order chi connectivity index (χ0) is 24.8. The summed E-state index contributed by atoms with van der Waals surface area (Å²) in [5.41, 5.74) is 2.72. The predicted octanol–water partition coefficient (Wildman–Crippen LogP) is 9.19. The van der Waals surface area contributed by atoms with Crippen molar-refractivity contribution in [1.29, 1.82) is 0 Å². The third-order valence-electron chi connectivity index (χ3n) is 6.75. The summed E-state index contributed by atoms with van der Waals surface area (Å²) >= 11 is 0. The number of rotatable bonds is 7. The lowest BCUT2D eigenvalue weighted by atomic mass is 9.78. The van der Waals surface area contributed by atoms with Crippen LogP contribution in [-0.2, 0) is 0 Å². The van der Waals surface area contributed by atoms with Gasteiger partial charge in [-0.15, -0.1) is 0 Å². The molecular formula is C31H31F3O. The Bertz CT molecular complexity index is 1200. The van der Waals surface area contributed by atoms with Crippen LogP contribution in [0.15, 0.2) is 66.7 Å². The molecule has 35 heavy (non-hydrogen) atoms. The van der Waals surface area contributed by atoms with Crippen LogP contribution in [0.5, 0.6) is 5.75 Å². The average molecular weight is 477 g/mol. The number of hydrogen-bond acceptors (Lipinski definition) is 1. The zero-order valence-corrected chi connectivity index (χ0v) is 20.2. The normalized spacial score (nSPS) is 18.4. The van der Waals surface area contributed by atoms with Gasteiger partial charge in [-0.05, 0) is 80.2 Å². The summed E-state index contributed by atoms with van der Waals surface area (Å²) in [4.78, 5) is 0. The van der Waals surface area contributed by atoms with Crippen molar-refractivity contribution in [2.24, 2.45) is 5.92 Å². The quantitative estimate of drug-likeness (QED) is 0.244. The first-order valence-corrected chi connectivity index (χ1v) is 12.3. The molecule has 0 amide bonds. The topological polar surface area (TPSA) is 9.23 Å². The van der Waals surface area contributed by atoms with E-state index in [1.54, 1.807) is 36.4 Å². The van der Waals surface area contributed by atoms with Crippen molar-refractivity contribution in [2.45, 2.75) is 45.4 Å². The standard InChI is InChI=1S/C31H31F3O/c1-3-5-21-6-13-24(14-7-21)28-18-16-25(30(33)31(28)34)15-10-22-8-11-23(12-9-22)27-19-17-26(35-4-2)20-29(27)32/h3,5,8-12,15-21,24H,4,6-7,13-14H2,1-2H3/b5-3+,15-10+. The van der Waals surface area contributed by atoms with Crippen LogP contribution in [0.3, 0.4) is 0 Å². The molecule has 1 saturated carbocycles. The van der Waals surface area contributed by atoms with Gasteiger partial charge in [0.1, 0.15) is 11.6 Å². The molecule has 1 aliphatic carbocycles. The second-order valence-electron chi connectivity index (χ2n) is 9.04. The minimum atomic E-state index is -0.803. The number of halogens is 3. The van der Waals surface area contributed by atoms with Crippen LogP contribution in [0.2, 0.25) is 0 Å². The molecule has 0 aromatic heterocycles.